The van der Waals surface area contributed by atoms with Crippen molar-refractivity contribution in [1.82, 2.24) is 0 Å². The van der Waals surface area contributed by atoms with Crippen LogP contribution in [0.5, 0.6) is 0 Å². The van der Waals surface area contributed by atoms with Crippen molar-refractivity contribution in [3.05, 3.63) is 68.1 Å². The van der Waals surface area contributed by atoms with Crippen LogP contribution in [0.15, 0.2) is 46.9 Å². The molecule has 0 nitrogen and oxygen atoms in total. The fourth-order valence-electron chi connectivity index (χ4n) is 2.03. The number of benzene rings is 2. The van der Waals surface area contributed by atoms with Crippen molar-refractivity contribution in [1.29, 1.82) is 0 Å². The lowest BCUT2D eigenvalue weighted by molar-refractivity contribution is 0.763. The highest BCUT2D eigenvalue weighted by Gasteiger charge is 2.17. The number of alkyl halides is 1. The maximum Gasteiger partial charge on any atom is 0.0453 e. The molecule has 4 heteroatoms. The van der Waals surface area contributed by atoms with Crippen LogP contribution in [0.4, 0.5) is 0 Å². The van der Waals surface area contributed by atoms with Gasteiger partial charge in [-0.1, -0.05) is 63.4 Å². The first-order valence-corrected chi connectivity index (χ1v) is 7.95. The number of halogens is 4. The molecule has 2 aromatic rings. The molecule has 0 saturated heterocycles. The summed E-state index contributed by atoms with van der Waals surface area (Å²) in [5.41, 5.74) is 2.13. The SMILES string of the molecule is ClCC(Cc1c(Cl)cccc1Cl)c1ccccc1Br. The molecule has 100 valence electrons. The Kier molecular flexibility index (Phi) is 5.58. The zero-order valence-corrected chi connectivity index (χ0v) is 13.9. The van der Waals surface area contributed by atoms with Crippen LogP contribution >= 0.6 is 50.7 Å². The third-order valence-corrected chi connectivity index (χ3v) is 4.85. The van der Waals surface area contributed by atoms with Crippen LogP contribution in [0, 0.1) is 0 Å². The van der Waals surface area contributed by atoms with Gasteiger partial charge in [0.2, 0.25) is 0 Å². The van der Waals surface area contributed by atoms with Gasteiger partial charge in [-0.2, -0.15) is 0 Å². The first-order chi connectivity index (χ1) is 9.13. The van der Waals surface area contributed by atoms with Crippen molar-refractivity contribution >= 4 is 50.7 Å². The fraction of sp³-hybridized carbons (Fsp3) is 0.200. The molecule has 0 spiro atoms. The van der Waals surface area contributed by atoms with Crippen molar-refractivity contribution in [2.45, 2.75) is 12.3 Å². The number of hydrogen-bond donors (Lipinski definition) is 0. The van der Waals surface area contributed by atoms with Gasteiger partial charge >= 0.3 is 0 Å². The average Bonchev–Trinajstić information content (AvgIpc) is 2.40. The highest BCUT2D eigenvalue weighted by atomic mass is 79.9. The number of hydrogen-bond acceptors (Lipinski definition) is 0. The molecule has 0 radical (unpaired) electrons. The molecule has 0 heterocycles. The number of rotatable bonds is 4. The summed E-state index contributed by atoms with van der Waals surface area (Å²) in [6, 6.07) is 13.6. The Morgan fingerprint density at radius 2 is 1.58 bits per heavy atom. The third kappa shape index (κ3) is 3.66. The summed E-state index contributed by atoms with van der Waals surface area (Å²) in [6.45, 7) is 0. The second kappa shape index (κ2) is 6.99. The maximum absolute atomic E-state index is 6.22. The summed E-state index contributed by atoms with van der Waals surface area (Å²) < 4.78 is 1.06. The van der Waals surface area contributed by atoms with Crippen LogP contribution in [0.25, 0.3) is 0 Å². The van der Waals surface area contributed by atoms with E-state index in [2.05, 4.69) is 22.0 Å². The average molecular weight is 379 g/mol. The molecule has 0 aromatic heterocycles. The van der Waals surface area contributed by atoms with Crippen LogP contribution in [-0.2, 0) is 6.42 Å². The predicted molar refractivity (Wildman–Crippen MR) is 87.8 cm³/mol. The highest BCUT2D eigenvalue weighted by molar-refractivity contribution is 9.10. The van der Waals surface area contributed by atoms with E-state index in [0.717, 1.165) is 16.5 Å². The Hall–Kier alpha value is -0.210. The Bertz CT molecular complexity index is 549. The van der Waals surface area contributed by atoms with Crippen LogP contribution in [0.2, 0.25) is 10.0 Å². The van der Waals surface area contributed by atoms with Crippen molar-refractivity contribution < 1.29 is 0 Å². The van der Waals surface area contributed by atoms with E-state index in [1.54, 1.807) is 0 Å². The standard InChI is InChI=1S/C15H12BrCl3/c16-13-5-2-1-4-11(13)10(9-17)8-12-14(18)6-3-7-15(12)19/h1-7,10H,8-9H2. The molecular formula is C15H12BrCl3. The topological polar surface area (TPSA) is 0 Å². The quantitative estimate of drug-likeness (QED) is 0.546. The van der Waals surface area contributed by atoms with Gasteiger partial charge in [-0.15, -0.1) is 11.6 Å². The van der Waals surface area contributed by atoms with Crippen LogP contribution in [0.1, 0.15) is 17.0 Å². The molecule has 2 aromatic carbocycles. The zero-order chi connectivity index (χ0) is 13.8. The van der Waals surface area contributed by atoms with Gasteiger partial charge in [0.15, 0.2) is 0 Å². The summed E-state index contributed by atoms with van der Waals surface area (Å²) in [5, 5.41) is 1.38. The van der Waals surface area contributed by atoms with Gasteiger partial charge < -0.3 is 0 Å². The van der Waals surface area contributed by atoms with Crippen LogP contribution < -0.4 is 0 Å². The smallest absolute Gasteiger partial charge is 0.0453 e. The molecule has 0 aliphatic carbocycles. The molecular weight excluding hydrogens is 366 g/mol. The van der Waals surface area contributed by atoms with Gasteiger partial charge in [0.25, 0.3) is 0 Å². The normalized spacial score (nSPS) is 12.4. The van der Waals surface area contributed by atoms with Crippen LogP contribution in [-0.4, -0.2) is 5.88 Å². The van der Waals surface area contributed by atoms with E-state index in [1.165, 1.54) is 5.56 Å². The highest BCUT2D eigenvalue weighted by Crippen LogP contribution is 2.33. The van der Waals surface area contributed by atoms with Gasteiger partial charge in [-0.25, -0.2) is 0 Å². The summed E-state index contributed by atoms with van der Waals surface area (Å²) in [4.78, 5) is 0. The lowest BCUT2D eigenvalue weighted by Gasteiger charge is -2.17. The lowest BCUT2D eigenvalue weighted by Crippen LogP contribution is -2.06. The van der Waals surface area contributed by atoms with Gasteiger partial charge in [0, 0.05) is 26.3 Å². The Labute approximate surface area is 136 Å². The van der Waals surface area contributed by atoms with Crippen molar-refractivity contribution in [3.63, 3.8) is 0 Å². The van der Waals surface area contributed by atoms with E-state index in [-0.39, 0.29) is 5.92 Å². The molecule has 0 aliphatic rings. The van der Waals surface area contributed by atoms with E-state index < -0.39 is 0 Å². The summed E-state index contributed by atoms with van der Waals surface area (Å²) in [6.07, 6.45) is 0.727. The Balaban J connectivity index is 2.32. The summed E-state index contributed by atoms with van der Waals surface area (Å²) in [7, 11) is 0. The lowest BCUT2D eigenvalue weighted by atomic mass is 9.93. The largest absolute Gasteiger partial charge is 0.126 e. The maximum atomic E-state index is 6.22. The van der Waals surface area contributed by atoms with Crippen molar-refractivity contribution in [3.8, 4) is 0 Å². The zero-order valence-electron chi connectivity index (χ0n) is 10.0. The van der Waals surface area contributed by atoms with E-state index in [1.807, 2.05) is 36.4 Å². The van der Waals surface area contributed by atoms with E-state index in [0.29, 0.717) is 15.9 Å². The van der Waals surface area contributed by atoms with Crippen molar-refractivity contribution in [2.75, 3.05) is 5.88 Å². The van der Waals surface area contributed by atoms with Crippen molar-refractivity contribution in [2.24, 2.45) is 0 Å². The first-order valence-electron chi connectivity index (χ1n) is 5.86. The van der Waals surface area contributed by atoms with Gasteiger partial charge in [-0.05, 0) is 35.7 Å². The third-order valence-electron chi connectivity index (χ3n) is 3.04. The Morgan fingerprint density at radius 3 is 2.16 bits per heavy atom. The van der Waals surface area contributed by atoms with Gasteiger partial charge in [0.05, 0.1) is 0 Å². The Morgan fingerprint density at radius 1 is 0.947 bits per heavy atom. The second-order valence-electron chi connectivity index (χ2n) is 4.28. The molecule has 0 N–H and O–H groups in total. The second-order valence-corrected chi connectivity index (χ2v) is 6.25. The first kappa shape index (κ1) is 15.2. The molecule has 0 bridgehead atoms. The summed E-state index contributed by atoms with van der Waals surface area (Å²) >= 11 is 22.1. The molecule has 0 aliphatic heterocycles. The van der Waals surface area contributed by atoms with E-state index in [4.69, 9.17) is 34.8 Å². The monoisotopic (exact) mass is 376 g/mol. The minimum absolute atomic E-state index is 0.176. The van der Waals surface area contributed by atoms with Gasteiger partial charge in [0.1, 0.15) is 0 Å². The molecule has 1 atom stereocenters. The molecule has 19 heavy (non-hydrogen) atoms. The molecule has 0 fully saturated rings. The molecule has 0 saturated carbocycles. The predicted octanol–water partition coefficient (Wildman–Crippen LogP) is 6.32. The van der Waals surface area contributed by atoms with E-state index in [9.17, 15) is 0 Å². The minimum Gasteiger partial charge on any atom is -0.126 e. The molecule has 1 unspecified atom stereocenters. The molecule has 2 rings (SSSR count). The van der Waals surface area contributed by atoms with Crippen LogP contribution in [0.3, 0.4) is 0 Å². The van der Waals surface area contributed by atoms with E-state index >= 15 is 0 Å². The fourth-order valence-corrected chi connectivity index (χ4v) is 3.46. The minimum atomic E-state index is 0.176. The summed E-state index contributed by atoms with van der Waals surface area (Å²) in [5.74, 6) is 0.694. The molecule has 0 amide bonds. The van der Waals surface area contributed by atoms with Gasteiger partial charge in [-0.3, -0.25) is 0 Å².